The molecule has 1 N–H and O–H groups in total. The third-order valence-electron chi connectivity index (χ3n) is 3.14. The highest BCUT2D eigenvalue weighted by atomic mass is 35.5. The zero-order chi connectivity index (χ0) is 16.0. The van der Waals surface area contributed by atoms with Crippen LogP contribution >= 0.6 is 11.6 Å². The first-order valence-electron chi connectivity index (χ1n) is 6.96. The molecule has 0 heterocycles. The minimum atomic E-state index is -0.241. The number of para-hydroxylation sites is 1. The molecule has 0 atom stereocenters. The van der Waals surface area contributed by atoms with E-state index in [-0.39, 0.29) is 6.03 Å². The number of anilines is 1. The van der Waals surface area contributed by atoms with Crippen molar-refractivity contribution in [3.8, 4) is 0 Å². The molecule has 0 aromatic heterocycles. The number of urea groups is 1. The fourth-order valence-electron chi connectivity index (χ4n) is 2.08. The normalized spacial score (nSPS) is 11.2. The Morgan fingerprint density at radius 3 is 2.48 bits per heavy atom. The maximum Gasteiger partial charge on any atom is 0.328 e. The molecule has 0 saturated heterocycles. The van der Waals surface area contributed by atoms with Crippen LogP contribution in [-0.2, 0) is 6.42 Å². The quantitative estimate of drug-likeness (QED) is 0.689. The maximum atomic E-state index is 12.5. The van der Waals surface area contributed by atoms with Crippen molar-refractivity contribution in [2.45, 2.75) is 20.3 Å². The Balaban J connectivity index is 3.11. The third-order valence-corrected chi connectivity index (χ3v) is 3.44. The second-order valence-corrected chi connectivity index (χ2v) is 5.12. The number of halogens is 1. The zero-order valence-electron chi connectivity index (χ0n) is 13.3. The van der Waals surface area contributed by atoms with Gasteiger partial charge in [-0.3, -0.25) is 15.2 Å². The topological polar surface area (TPSA) is 47.9 Å². The average molecular weight is 311 g/mol. The summed E-state index contributed by atoms with van der Waals surface area (Å²) in [5.41, 5.74) is 1.80. The van der Waals surface area contributed by atoms with Gasteiger partial charge >= 0.3 is 6.03 Å². The lowest BCUT2D eigenvalue weighted by molar-refractivity contribution is 0.250. The van der Waals surface area contributed by atoms with Crippen LogP contribution in [0.5, 0.6) is 0 Å². The summed E-state index contributed by atoms with van der Waals surface area (Å²) in [4.78, 5) is 20.0. The Morgan fingerprint density at radius 2 is 2.00 bits per heavy atom. The van der Waals surface area contributed by atoms with E-state index >= 15 is 0 Å². The standard InChI is InChI=1S/C15H23ClN4O/c1-6-11-9-8-10-12(16)13(11)20(7-2)15(21)18-14(17-3)19(4)5/h8-10H,6-7H2,1-5H3,(H,17,18,21). The molecule has 0 bridgehead atoms. The highest BCUT2D eigenvalue weighted by Crippen LogP contribution is 2.30. The van der Waals surface area contributed by atoms with E-state index in [1.807, 2.05) is 40.1 Å². The molecule has 21 heavy (non-hydrogen) atoms. The van der Waals surface area contributed by atoms with Crippen LogP contribution in [0.15, 0.2) is 23.2 Å². The van der Waals surface area contributed by atoms with Crippen molar-refractivity contribution in [2.75, 3.05) is 32.6 Å². The first kappa shape index (κ1) is 17.3. The Hall–Kier alpha value is -1.75. The van der Waals surface area contributed by atoms with E-state index in [1.165, 1.54) is 0 Å². The SMILES string of the molecule is CCc1cccc(Cl)c1N(CC)C(=O)NC(=NC)N(C)C. The number of aryl methyl sites for hydroxylation is 1. The molecule has 0 radical (unpaired) electrons. The number of benzene rings is 1. The van der Waals surface area contributed by atoms with Gasteiger partial charge in [-0.25, -0.2) is 4.79 Å². The van der Waals surface area contributed by atoms with E-state index in [2.05, 4.69) is 10.3 Å². The van der Waals surface area contributed by atoms with Gasteiger partial charge in [0.15, 0.2) is 0 Å². The van der Waals surface area contributed by atoms with Gasteiger partial charge in [0.05, 0.1) is 10.7 Å². The molecule has 116 valence electrons. The molecule has 1 aromatic carbocycles. The summed E-state index contributed by atoms with van der Waals surface area (Å²) >= 11 is 6.30. The van der Waals surface area contributed by atoms with E-state index in [4.69, 9.17) is 11.6 Å². The highest BCUT2D eigenvalue weighted by molar-refractivity contribution is 6.34. The lowest BCUT2D eigenvalue weighted by atomic mass is 10.1. The van der Waals surface area contributed by atoms with Crippen LogP contribution in [0.3, 0.4) is 0 Å². The lowest BCUT2D eigenvalue weighted by Crippen LogP contribution is -2.47. The van der Waals surface area contributed by atoms with Gasteiger partial charge < -0.3 is 4.90 Å². The smallest absolute Gasteiger partial charge is 0.328 e. The minimum Gasteiger partial charge on any atom is -0.349 e. The summed E-state index contributed by atoms with van der Waals surface area (Å²) in [5.74, 6) is 0.503. The molecular formula is C15H23ClN4O. The number of aliphatic imine (C=N–C) groups is 1. The first-order valence-corrected chi connectivity index (χ1v) is 7.34. The fourth-order valence-corrected chi connectivity index (χ4v) is 2.38. The van der Waals surface area contributed by atoms with Crippen LogP contribution in [-0.4, -0.2) is 44.6 Å². The van der Waals surface area contributed by atoms with E-state index < -0.39 is 0 Å². The number of amides is 2. The summed E-state index contributed by atoms with van der Waals surface area (Å²) in [6.07, 6.45) is 0.808. The van der Waals surface area contributed by atoms with Gasteiger partial charge in [-0.2, -0.15) is 0 Å². The molecule has 0 fully saturated rings. The largest absolute Gasteiger partial charge is 0.349 e. The van der Waals surface area contributed by atoms with Gasteiger partial charge in [0.2, 0.25) is 5.96 Å². The number of nitrogens with zero attached hydrogens (tertiary/aromatic N) is 3. The van der Waals surface area contributed by atoms with Crippen LogP contribution in [0, 0.1) is 0 Å². The van der Waals surface area contributed by atoms with E-state index in [0.717, 1.165) is 17.7 Å². The number of hydrogen-bond donors (Lipinski definition) is 1. The number of carbonyl (C=O) groups excluding carboxylic acids is 1. The zero-order valence-corrected chi connectivity index (χ0v) is 14.0. The van der Waals surface area contributed by atoms with Gasteiger partial charge in [0, 0.05) is 27.7 Å². The van der Waals surface area contributed by atoms with Gasteiger partial charge in [-0.05, 0) is 25.0 Å². The summed E-state index contributed by atoms with van der Waals surface area (Å²) in [7, 11) is 5.29. The fraction of sp³-hybridized carbons (Fsp3) is 0.467. The molecule has 0 aliphatic rings. The Morgan fingerprint density at radius 1 is 1.33 bits per heavy atom. The summed E-state index contributed by atoms with van der Waals surface area (Å²) in [6.45, 7) is 4.48. The summed E-state index contributed by atoms with van der Waals surface area (Å²) < 4.78 is 0. The van der Waals surface area contributed by atoms with Crippen LogP contribution in [0.4, 0.5) is 10.5 Å². The number of rotatable bonds is 3. The van der Waals surface area contributed by atoms with Crippen molar-refractivity contribution in [1.29, 1.82) is 0 Å². The molecule has 0 unspecified atom stereocenters. The van der Waals surface area contributed by atoms with Gasteiger partial charge in [-0.1, -0.05) is 30.7 Å². The molecule has 1 rings (SSSR count). The van der Waals surface area contributed by atoms with E-state index in [1.54, 1.807) is 22.9 Å². The molecule has 6 heteroatoms. The van der Waals surface area contributed by atoms with Crippen molar-refractivity contribution in [3.05, 3.63) is 28.8 Å². The lowest BCUT2D eigenvalue weighted by Gasteiger charge is -2.26. The van der Waals surface area contributed by atoms with Crippen LogP contribution in [0.25, 0.3) is 0 Å². The summed E-state index contributed by atoms with van der Waals surface area (Å²) in [6, 6.07) is 5.44. The third kappa shape index (κ3) is 4.11. The molecule has 5 nitrogen and oxygen atoms in total. The Kier molecular flexibility index (Phi) is 6.49. The molecule has 0 aliphatic carbocycles. The molecular weight excluding hydrogens is 288 g/mol. The highest BCUT2D eigenvalue weighted by Gasteiger charge is 2.20. The van der Waals surface area contributed by atoms with Crippen molar-refractivity contribution in [1.82, 2.24) is 10.2 Å². The average Bonchev–Trinajstić information content (AvgIpc) is 2.46. The van der Waals surface area contributed by atoms with Crippen molar-refractivity contribution in [3.63, 3.8) is 0 Å². The van der Waals surface area contributed by atoms with Crippen molar-refractivity contribution >= 4 is 29.3 Å². The summed E-state index contributed by atoms with van der Waals surface area (Å²) in [5, 5.41) is 3.37. The van der Waals surface area contributed by atoms with Crippen LogP contribution in [0.1, 0.15) is 19.4 Å². The van der Waals surface area contributed by atoms with Crippen molar-refractivity contribution in [2.24, 2.45) is 4.99 Å². The molecule has 2 amide bonds. The van der Waals surface area contributed by atoms with Crippen molar-refractivity contribution < 1.29 is 4.79 Å². The first-order chi connectivity index (χ1) is 9.96. The second-order valence-electron chi connectivity index (χ2n) is 4.72. The van der Waals surface area contributed by atoms with E-state index in [0.29, 0.717) is 17.5 Å². The molecule has 0 spiro atoms. The minimum absolute atomic E-state index is 0.241. The number of hydrogen-bond acceptors (Lipinski definition) is 2. The van der Waals surface area contributed by atoms with Gasteiger partial charge in [0.25, 0.3) is 0 Å². The number of guanidine groups is 1. The Bertz CT molecular complexity index is 528. The second kappa shape index (κ2) is 7.88. The monoisotopic (exact) mass is 310 g/mol. The van der Waals surface area contributed by atoms with E-state index in [9.17, 15) is 4.79 Å². The van der Waals surface area contributed by atoms with Crippen LogP contribution in [0.2, 0.25) is 5.02 Å². The molecule has 0 saturated carbocycles. The van der Waals surface area contributed by atoms with Crippen LogP contribution < -0.4 is 10.2 Å². The Labute approximate surface area is 131 Å². The molecule has 1 aromatic rings. The molecule has 0 aliphatic heterocycles. The predicted octanol–water partition coefficient (Wildman–Crippen LogP) is 2.99. The predicted molar refractivity (Wildman–Crippen MR) is 89.4 cm³/mol. The van der Waals surface area contributed by atoms with Gasteiger partial charge in [0.1, 0.15) is 0 Å². The number of nitrogens with one attached hydrogen (secondary N) is 1. The number of carbonyl (C=O) groups is 1. The maximum absolute atomic E-state index is 12.5. The van der Waals surface area contributed by atoms with Gasteiger partial charge in [-0.15, -0.1) is 0 Å².